The Morgan fingerprint density at radius 2 is 0.929 bits per heavy atom. The normalized spacial score (nSPS) is 10.7. The molecule has 0 saturated carbocycles. The molecule has 0 nitrogen and oxygen atoms in total. The molecular weight excluding hydrogens is 462 g/mol. The van der Waals surface area contributed by atoms with Crippen molar-refractivity contribution in [3.8, 4) is 22.3 Å². The van der Waals surface area contributed by atoms with Crippen LogP contribution >= 0.6 is 23.2 Å². The molecule has 0 unspecified atom stereocenters. The van der Waals surface area contributed by atoms with E-state index in [1.807, 2.05) is 48.5 Å². The maximum absolute atomic E-state index is 6.60. The van der Waals surface area contributed by atoms with Crippen LogP contribution in [-0.2, 0) is 24.2 Å². The van der Waals surface area contributed by atoms with E-state index in [9.17, 15) is 0 Å². The van der Waals surface area contributed by atoms with Crippen LogP contribution in [-0.4, -0.2) is 3.21 Å². The van der Waals surface area contributed by atoms with Crippen LogP contribution in [0.4, 0.5) is 0 Å². The van der Waals surface area contributed by atoms with Crippen LogP contribution in [0, 0.1) is 0 Å². The molecule has 4 aromatic rings. The van der Waals surface area contributed by atoms with E-state index in [4.69, 9.17) is 23.2 Å². The minimum atomic E-state index is 0.760. The summed E-state index contributed by atoms with van der Waals surface area (Å²) in [5.41, 5.74) is 6.61. The summed E-state index contributed by atoms with van der Waals surface area (Å²) in [4.78, 5) is 0. The molecule has 0 aliphatic carbocycles. The van der Waals surface area contributed by atoms with Gasteiger partial charge in [-0.2, -0.15) is 0 Å². The molecule has 0 aliphatic heterocycles. The van der Waals surface area contributed by atoms with Gasteiger partial charge in [0.15, 0.2) is 0 Å². The Labute approximate surface area is 190 Å². The van der Waals surface area contributed by atoms with E-state index in [0.717, 1.165) is 43.4 Å². The van der Waals surface area contributed by atoms with Crippen LogP contribution in [0.15, 0.2) is 97.1 Å². The van der Waals surface area contributed by atoms with Gasteiger partial charge < -0.3 is 0 Å². The summed E-state index contributed by atoms with van der Waals surface area (Å²) < 4.78 is 1.23. The zero-order valence-corrected chi connectivity index (χ0v) is 19.0. The molecule has 0 aromatic heterocycles. The Morgan fingerprint density at radius 3 is 1.29 bits per heavy atom. The summed E-state index contributed by atoms with van der Waals surface area (Å²) in [7, 11) is 0. The third-order valence-electron chi connectivity index (χ3n) is 4.69. The Bertz CT molecular complexity index is 1040. The van der Waals surface area contributed by atoms with E-state index < -0.39 is 0 Å². The Morgan fingerprint density at radius 1 is 0.536 bits per heavy atom. The van der Waals surface area contributed by atoms with Crippen LogP contribution < -0.4 is 0 Å². The molecule has 0 atom stereocenters. The molecule has 132 valence electrons. The van der Waals surface area contributed by atoms with Crippen molar-refractivity contribution in [2.45, 2.75) is 0 Å². The van der Waals surface area contributed by atoms with Crippen molar-refractivity contribution in [2.75, 3.05) is 0 Å². The Balaban J connectivity index is 1.65. The molecule has 0 spiro atoms. The SMILES string of the molecule is Clc1cc([C](=[Zr+2])c2ccc(-c3ccccc3)c(Cl)c2)ccc1-c1ccccc1. The van der Waals surface area contributed by atoms with Crippen molar-refractivity contribution in [2.24, 2.45) is 0 Å². The molecule has 0 N–H and O–H groups in total. The molecule has 3 heteroatoms. The van der Waals surface area contributed by atoms with Gasteiger partial charge in [0.25, 0.3) is 0 Å². The van der Waals surface area contributed by atoms with Crippen LogP contribution in [0.5, 0.6) is 0 Å². The van der Waals surface area contributed by atoms with Gasteiger partial charge in [-0.05, 0) is 0 Å². The fraction of sp³-hybridized carbons (Fsp3) is 0. The van der Waals surface area contributed by atoms with Crippen molar-refractivity contribution in [3.63, 3.8) is 0 Å². The molecule has 0 saturated heterocycles. The van der Waals surface area contributed by atoms with Gasteiger partial charge >= 0.3 is 191 Å². The first kappa shape index (κ1) is 19.5. The van der Waals surface area contributed by atoms with Crippen molar-refractivity contribution in [1.82, 2.24) is 0 Å². The zero-order chi connectivity index (χ0) is 19.5. The summed E-state index contributed by atoms with van der Waals surface area (Å²) >= 11 is 14.5. The van der Waals surface area contributed by atoms with Gasteiger partial charge in [-0.25, -0.2) is 0 Å². The maximum atomic E-state index is 6.60. The molecule has 28 heavy (non-hydrogen) atoms. The van der Waals surface area contributed by atoms with Crippen molar-refractivity contribution in [1.29, 1.82) is 0 Å². The summed E-state index contributed by atoms with van der Waals surface area (Å²) in [6.07, 6.45) is 0. The van der Waals surface area contributed by atoms with Crippen molar-refractivity contribution < 1.29 is 24.2 Å². The summed E-state index contributed by atoms with van der Waals surface area (Å²) in [6.45, 7) is 0. The predicted molar refractivity (Wildman–Crippen MR) is 117 cm³/mol. The minimum absolute atomic E-state index is 0.760. The zero-order valence-electron chi connectivity index (χ0n) is 15.0. The molecule has 4 rings (SSSR count). The van der Waals surface area contributed by atoms with E-state index in [0.29, 0.717) is 0 Å². The van der Waals surface area contributed by atoms with Gasteiger partial charge in [0.05, 0.1) is 0 Å². The second kappa shape index (κ2) is 8.70. The third kappa shape index (κ3) is 4.13. The molecule has 0 fully saturated rings. The van der Waals surface area contributed by atoms with E-state index in [-0.39, 0.29) is 0 Å². The topological polar surface area (TPSA) is 0 Å². The summed E-state index contributed by atoms with van der Waals surface area (Å²) in [5.74, 6) is 0. The molecule has 0 aliphatic rings. The monoisotopic (exact) mass is 476 g/mol. The quantitative estimate of drug-likeness (QED) is 0.286. The first-order valence-electron chi connectivity index (χ1n) is 8.93. The van der Waals surface area contributed by atoms with E-state index in [1.165, 1.54) is 27.4 Å². The predicted octanol–water partition coefficient (Wildman–Crippen LogP) is 7.44. The van der Waals surface area contributed by atoms with Gasteiger partial charge in [-0.1, -0.05) is 0 Å². The summed E-state index contributed by atoms with van der Waals surface area (Å²) in [5, 5.41) is 1.52. The van der Waals surface area contributed by atoms with Gasteiger partial charge in [-0.15, -0.1) is 0 Å². The second-order valence-corrected chi connectivity index (χ2v) is 8.54. The standard InChI is InChI=1S/C25H16Cl2.Zr/c26-24-16-18(11-13-22(24)20-7-3-1-4-8-20)15-19-12-14-23(25(27)17-19)21-9-5-2-6-10-21;/h1-14,16-17H;/q;+2. The number of halogens is 2. The molecule has 0 heterocycles. The van der Waals surface area contributed by atoms with Gasteiger partial charge in [-0.3, -0.25) is 0 Å². The molecular formula is C25H16Cl2Zr+2. The van der Waals surface area contributed by atoms with E-state index >= 15 is 0 Å². The number of rotatable bonds is 4. The molecule has 0 amide bonds. The van der Waals surface area contributed by atoms with Gasteiger partial charge in [0, 0.05) is 0 Å². The number of benzene rings is 4. The molecule has 4 aromatic carbocycles. The molecule has 0 bridgehead atoms. The first-order valence-corrected chi connectivity index (χ1v) is 10.9. The average Bonchev–Trinajstić information content (AvgIpc) is 2.74. The average molecular weight is 479 g/mol. The van der Waals surface area contributed by atoms with Crippen molar-refractivity contribution >= 4 is 26.4 Å². The number of hydrogen-bond donors (Lipinski definition) is 0. The van der Waals surface area contributed by atoms with Crippen LogP contribution in [0.2, 0.25) is 10.0 Å². The second-order valence-electron chi connectivity index (χ2n) is 6.50. The van der Waals surface area contributed by atoms with Crippen LogP contribution in [0.25, 0.3) is 22.3 Å². The van der Waals surface area contributed by atoms with Crippen LogP contribution in [0.1, 0.15) is 11.1 Å². The third-order valence-corrected chi connectivity index (χ3v) is 6.73. The fourth-order valence-electron chi connectivity index (χ4n) is 3.21. The summed E-state index contributed by atoms with van der Waals surface area (Å²) in [6, 6.07) is 33.0. The van der Waals surface area contributed by atoms with E-state index in [1.54, 1.807) is 0 Å². The van der Waals surface area contributed by atoms with Crippen LogP contribution in [0.3, 0.4) is 0 Å². The first-order chi connectivity index (χ1) is 13.6. The Hall–Kier alpha value is -1.79. The van der Waals surface area contributed by atoms with Gasteiger partial charge in [0.1, 0.15) is 0 Å². The Kier molecular flexibility index (Phi) is 6.07. The van der Waals surface area contributed by atoms with Crippen molar-refractivity contribution in [3.05, 3.63) is 118 Å². The number of hydrogen-bond acceptors (Lipinski definition) is 0. The molecule has 0 radical (unpaired) electrons. The fourth-order valence-corrected chi connectivity index (χ4v) is 4.56. The van der Waals surface area contributed by atoms with Gasteiger partial charge in [0.2, 0.25) is 0 Å². The van der Waals surface area contributed by atoms with E-state index in [2.05, 4.69) is 48.5 Å².